The quantitative estimate of drug-likeness (QED) is 0.864. The standard InChI is InChI=1S/C15H18ClN3O/c1-8(2)15-10-4-14(16)17-5-11(10)12(6-18-15)19-7-13(20)9(19)3/h4-6,8-9,13,20H,7H2,1-3H3/t9-,13+/m1/s1. The van der Waals surface area contributed by atoms with Gasteiger partial charge in [-0.1, -0.05) is 25.4 Å². The van der Waals surface area contributed by atoms with E-state index in [-0.39, 0.29) is 12.1 Å². The lowest BCUT2D eigenvalue weighted by molar-refractivity contribution is 0.0996. The largest absolute Gasteiger partial charge is 0.389 e. The number of aromatic nitrogens is 2. The molecule has 0 radical (unpaired) electrons. The number of aliphatic hydroxyl groups is 1. The van der Waals surface area contributed by atoms with Crippen molar-refractivity contribution in [2.45, 2.75) is 38.8 Å². The number of β-amino-alcohol motifs (C(OH)–C–C–N with tert-alkyl or cyclic N) is 1. The van der Waals surface area contributed by atoms with Crippen LogP contribution in [-0.2, 0) is 0 Å². The third-order valence-electron chi connectivity index (χ3n) is 4.04. The van der Waals surface area contributed by atoms with Crippen LogP contribution < -0.4 is 4.90 Å². The van der Waals surface area contributed by atoms with Crippen molar-refractivity contribution in [2.75, 3.05) is 11.4 Å². The number of pyridine rings is 2. The smallest absolute Gasteiger partial charge is 0.129 e. The van der Waals surface area contributed by atoms with E-state index >= 15 is 0 Å². The highest BCUT2D eigenvalue weighted by Crippen LogP contribution is 2.35. The van der Waals surface area contributed by atoms with E-state index in [1.54, 1.807) is 6.20 Å². The van der Waals surface area contributed by atoms with Gasteiger partial charge in [0.2, 0.25) is 0 Å². The van der Waals surface area contributed by atoms with E-state index in [1.165, 1.54) is 0 Å². The fourth-order valence-corrected chi connectivity index (χ4v) is 2.87. The van der Waals surface area contributed by atoms with Crippen LogP contribution in [0.1, 0.15) is 32.4 Å². The van der Waals surface area contributed by atoms with Crippen LogP contribution in [0.2, 0.25) is 5.15 Å². The van der Waals surface area contributed by atoms with Gasteiger partial charge in [0.05, 0.1) is 29.7 Å². The molecule has 1 aliphatic heterocycles. The maximum atomic E-state index is 9.71. The molecule has 2 aromatic rings. The van der Waals surface area contributed by atoms with Crippen molar-refractivity contribution in [3.8, 4) is 0 Å². The lowest BCUT2D eigenvalue weighted by atomic mass is 9.97. The Bertz CT molecular complexity index is 659. The molecule has 0 unspecified atom stereocenters. The van der Waals surface area contributed by atoms with Crippen molar-refractivity contribution in [2.24, 2.45) is 0 Å². The van der Waals surface area contributed by atoms with Crippen molar-refractivity contribution < 1.29 is 5.11 Å². The van der Waals surface area contributed by atoms with E-state index < -0.39 is 0 Å². The van der Waals surface area contributed by atoms with E-state index in [0.717, 1.165) is 22.2 Å². The van der Waals surface area contributed by atoms with Gasteiger partial charge in [-0.2, -0.15) is 0 Å². The zero-order valence-electron chi connectivity index (χ0n) is 11.8. The average Bonchev–Trinajstić information content (AvgIpc) is 2.42. The molecule has 2 atom stereocenters. The molecular formula is C15H18ClN3O. The summed E-state index contributed by atoms with van der Waals surface area (Å²) in [5.74, 6) is 0.324. The Kier molecular flexibility index (Phi) is 3.30. The van der Waals surface area contributed by atoms with E-state index in [9.17, 15) is 5.11 Å². The summed E-state index contributed by atoms with van der Waals surface area (Å²) in [5.41, 5.74) is 2.05. The highest BCUT2D eigenvalue weighted by Gasteiger charge is 2.35. The lowest BCUT2D eigenvalue weighted by Gasteiger charge is -2.45. The summed E-state index contributed by atoms with van der Waals surface area (Å²) in [6.45, 7) is 6.89. The Morgan fingerprint density at radius 1 is 1.30 bits per heavy atom. The highest BCUT2D eigenvalue weighted by molar-refractivity contribution is 6.30. The van der Waals surface area contributed by atoms with Crippen molar-refractivity contribution in [1.82, 2.24) is 9.97 Å². The first-order valence-corrected chi connectivity index (χ1v) is 7.25. The second-order valence-corrected chi connectivity index (χ2v) is 6.08. The van der Waals surface area contributed by atoms with Gasteiger partial charge in [0.25, 0.3) is 0 Å². The van der Waals surface area contributed by atoms with Crippen LogP contribution in [0, 0.1) is 0 Å². The first-order chi connectivity index (χ1) is 9.49. The molecule has 5 heteroatoms. The van der Waals surface area contributed by atoms with E-state index in [2.05, 4.69) is 28.7 Å². The van der Waals surface area contributed by atoms with E-state index in [4.69, 9.17) is 11.6 Å². The maximum Gasteiger partial charge on any atom is 0.129 e. The molecule has 0 spiro atoms. The Morgan fingerprint density at radius 2 is 2.05 bits per heavy atom. The van der Waals surface area contributed by atoms with Crippen LogP contribution in [-0.4, -0.2) is 33.8 Å². The van der Waals surface area contributed by atoms with Gasteiger partial charge >= 0.3 is 0 Å². The highest BCUT2D eigenvalue weighted by atomic mass is 35.5. The summed E-state index contributed by atoms with van der Waals surface area (Å²) in [5, 5.41) is 12.3. The van der Waals surface area contributed by atoms with Crippen LogP contribution in [0.25, 0.3) is 10.8 Å². The summed E-state index contributed by atoms with van der Waals surface area (Å²) in [6, 6.07) is 1.99. The predicted molar refractivity (Wildman–Crippen MR) is 81.5 cm³/mol. The Balaban J connectivity index is 2.18. The zero-order chi connectivity index (χ0) is 14.4. The van der Waals surface area contributed by atoms with Gasteiger partial charge in [-0.15, -0.1) is 0 Å². The van der Waals surface area contributed by atoms with Gasteiger partial charge in [-0.3, -0.25) is 4.98 Å². The van der Waals surface area contributed by atoms with Gasteiger partial charge in [0.15, 0.2) is 0 Å². The van der Waals surface area contributed by atoms with Crippen LogP contribution >= 0.6 is 11.6 Å². The molecule has 106 valence electrons. The molecule has 0 aromatic carbocycles. The van der Waals surface area contributed by atoms with Crippen LogP contribution in [0.3, 0.4) is 0 Å². The fraction of sp³-hybridized carbons (Fsp3) is 0.467. The minimum Gasteiger partial charge on any atom is -0.389 e. The van der Waals surface area contributed by atoms with Crippen molar-refractivity contribution in [1.29, 1.82) is 0 Å². The van der Waals surface area contributed by atoms with Gasteiger partial charge in [0, 0.05) is 23.5 Å². The third-order valence-corrected chi connectivity index (χ3v) is 4.24. The molecule has 0 bridgehead atoms. The zero-order valence-corrected chi connectivity index (χ0v) is 12.6. The molecule has 20 heavy (non-hydrogen) atoms. The Labute approximate surface area is 123 Å². The van der Waals surface area contributed by atoms with Gasteiger partial charge in [-0.25, -0.2) is 4.98 Å². The van der Waals surface area contributed by atoms with E-state index in [1.807, 2.05) is 19.2 Å². The van der Waals surface area contributed by atoms with Crippen LogP contribution in [0.15, 0.2) is 18.5 Å². The lowest BCUT2D eigenvalue weighted by Crippen LogP contribution is -2.58. The number of hydrogen-bond acceptors (Lipinski definition) is 4. The number of aliphatic hydroxyl groups excluding tert-OH is 1. The number of anilines is 1. The number of hydrogen-bond donors (Lipinski definition) is 1. The monoisotopic (exact) mass is 291 g/mol. The SMILES string of the molecule is CC(C)c1ncc(N2C[C@H](O)[C@H]2C)c2cnc(Cl)cc12. The minimum absolute atomic E-state index is 0.112. The number of halogens is 1. The summed E-state index contributed by atoms with van der Waals surface area (Å²) < 4.78 is 0. The molecule has 3 rings (SSSR count). The molecule has 1 aliphatic rings. The molecule has 1 N–H and O–H groups in total. The third kappa shape index (κ3) is 2.03. The molecule has 3 heterocycles. The first-order valence-electron chi connectivity index (χ1n) is 6.88. The number of rotatable bonds is 2. The number of nitrogens with zero attached hydrogens (tertiary/aromatic N) is 3. The van der Waals surface area contributed by atoms with Crippen LogP contribution in [0.5, 0.6) is 0 Å². The van der Waals surface area contributed by atoms with Gasteiger partial charge < -0.3 is 10.0 Å². The Morgan fingerprint density at radius 3 is 2.65 bits per heavy atom. The maximum absolute atomic E-state index is 9.71. The summed E-state index contributed by atoms with van der Waals surface area (Å²) in [4.78, 5) is 11.0. The molecule has 0 aliphatic carbocycles. The second kappa shape index (κ2) is 4.86. The molecule has 4 nitrogen and oxygen atoms in total. The molecule has 0 amide bonds. The summed E-state index contributed by atoms with van der Waals surface area (Å²) in [6.07, 6.45) is 3.42. The molecular weight excluding hydrogens is 274 g/mol. The molecule has 1 fully saturated rings. The summed E-state index contributed by atoms with van der Waals surface area (Å²) in [7, 11) is 0. The second-order valence-electron chi connectivity index (χ2n) is 5.70. The molecule has 1 saturated heterocycles. The molecule has 2 aromatic heterocycles. The van der Waals surface area contributed by atoms with Gasteiger partial charge in [-0.05, 0) is 18.9 Å². The first kappa shape index (κ1) is 13.6. The summed E-state index contributed by atoms with van der Waals surface area (Å²) >= 11 is 6.03. The Hall–Kier alpha value is -1.39. The number of fused-ring (bicyclic) bond motifs is 1. The fourth-order valence-electron chi connectivity index (χ4n) is 2.71. The van der Waals surface area contributed by atoms with Gasteiger partial charge in [0.1, 0.15) is 5.15 Å². The topological polar surface area (TPSA) is 49.2 Å². The van der Waals surface area contributed by atoms with E-state index in [0.29, 0.717) is 17.6 Å². The van der Waals surface area contributed by atoms with Crippen molar-refractivity contribution >= 4 is 28.1 Å². The van der Waals surface area contributed by atoms with Crippen LogP contribution in [0.4, 0.5) is 5.69 Å². The van der Waals surface area contributed by atoms with Crippen molar-refractivity contribution in [3.63, 3.8) is 0 Å². The predicted octanol–water partition coefficient (Wildman–Crippen LogP) is 2.98. The minimum atomic E-state index is -0.268. The molecule has 0 saturated carbocycles. The van der Waals surface area contributed by atoms with Crippen molar-refractivity contribution in [3.05, 3.63) is 29.3 Å². The average molecular weight is 292 g/mol. The normalized spacial score (nSPS) is 22.4.